The molecule has 0 atom stereocenters. The summed E-state index contributed by atoms with van der Waals surface area (Å²) in [6.45, 7) is 0.554. The van der Waals surface area contributed by atoms with Crippen molar-refractivity contribution in [2.24, 2.45) is 0 Å². The Hall–Kier alpha value is -1.24. The highest BCUT2D eigenvalue weighted by atomic mass is 79.9. The van der Waals surface area contributed by atoms with E-state index in [0.29, 0.717) is 10.0 Å². The fourth-order valence-electron chi connectivity index (χ4n) is 1.31. The third-order valence-electron chi connectivity index (χ3n) is 2.04. The second-order valence-corrected chi connectivity index (χ2v) is 4.50. The smallest absolute Gasteiger partial charge is 0.422 e. The molecule has 0 saturated carbocycles. The van der Waals surface area contributed by atoms with E-state index < -0.39 is 18.8 Å². The minimum absolute atomic E-state index is 0.0104. The molecular weight excluding hydrogens is 329 g/mol. The Morgan fingerprint density at radius 2 is 2.05 bits per heavy atom. The maximum atomic E-state index is 12.1. The van der Waals surface area contributed by atoms with Crippen molar-refractivity contribution in [3.05, 3.63) is 28.2 Å². The molecule has 19 heavy (non-hydrogen) atoms. The van der Waals surface area contributed by atoms with E-state index in [1.807, 2.05) is 0 Å². The quantitative estimate of drug-likeness (QED) is 0.769. The van der Waals surface area contributed by atoms with E-state index >= 15 is 0 Å². The van der Waals surface area contributed by atoms with Crippen molar-refractivity contribution < 1.29 is 27.4 Å². The SMILES string of the molecule is CCOC(=O)Cc1ccc(Br)c(OCC(F)(F)F)c1. The molecule has 0 heterocycles. The molecule has 0 amide bonds. The van der Waals surface area contributed by atoms with Gasteiger partial charge in [0.25, 0.3) is 0 Å². The Morgan fingerprint density at radius 1 is 1.37 bits per heavy atom. The first-order valence-corrected chi connectivity index (χ1v) is 6.24. The van der Waals surface area contributed by atoms with Crippen LogP contribution in [0.25, 0.3) is 0 Å². The summed E-state index contributed by atoms with van der Waals surface area (Å²) >= 11 is 3.09. The first kappa shape index (κ1) is 15.8. The molecule has 106 valence electrons. The number of esters is 1. The van der Waals surface area contributed by atoms with E-state index in [0.717, 1.165) is 0 Å². The highest BCUT2D eigenvalue weighted by Gasteiger charge is 2.28. The highest BCUT2D eigenvalue weighted by molar-refractivity contribution is 9.10. The van der Waals surface area contributed by atoms with Gasteiger partial charge in [0.15, 0.2) is 6.61 Å². The van der Waals surface area contributed by atoms with Crippen LogP contribution < -0.4 is 4.74 Å². The Morgan fingerprint density at radius 3 is 2.63 bits per heavy atom. The molecular formula is C12H12BrF3O3. The highest BCUT2D eigenvalue weighted by Crippen LogP contribution is 2.28. The molecule has 0 spiro atoms. The first-order chi connectivity index (χ1) is 8.81. The standard InChI is InChI=1S/C12H12BrF3O3/c1-2-18-11(17)6-8-3-4-9(13)10(5-8)19-7-12(14,15)16/h3-5H,2,6-7H2,1H3. The summed E-state index contributed by atoms with van der Waals surface area (Å²) < 4.78 is 46.0. The van der Waals surface area contributed by atoms with Gasteiger partial charge in [-0.1, -0.05) is 6.07 Å². The van der Waals surface area contributed by atoms with Gasteiger partial charge in [-0.15, -0.1) is 0 Å². The Kier molecular flexibility index (Phi) is 5.65. The molecule has 0 radical (unpaired) electrons. The van der Waals surface area contributed by atoms with Crippen LogP contribution in [0.2, 0.25) is 0 Å². The summed E-state index contributed by atoms with van der Waals surface area (Å²) in [6, 6.07) is 4.52. The molecule has 1 aromatic rings. The number of hydrogen-bond donors (Lipinski definition) is 0. The van der Waals surface area contributed by atoms with Gasteiger partial charge in [-0.25, -0.2) is 0 Å². The molecule has 1 aromatic carbocycles. The minimum Gasteiger partial charge on any atom is -0.483 e. The van der Waals surface area contributed by atoms with Gasteiger partial charge < -0.3 is 9.47 Å². The molecule has 7 heteroatoms. The van der Waals surface area contributed by atoms with Crippen LogP contribution >= 0.6 is 15.9 Å². The molecule has 0 fully saturated rings. The number of carbonyl (C=O) groups is 1. The maximum Gasteiger partial charge on any atom is 0.422 e. The summed E-state index contributed by atoms with van der Waals surface area (Å²) in [7, 11) is 0. The van der Waals surface area contributed by atoms with Crippen LogP contribution in [0.3, 0.4) is 0 Å². The van der Waals surface area contributed by atoms with Crippen LogP contribution in [-0.2, 0) is 16.0 Å². The number of benzene rings is 1. The van der Waals surface area contributed by atoms with E-state index in [-0.39, 0.29) is 18.8 Å². The molecule has 3 nitrogen and oxygen atoms in total. The van der Waals surface area contributed by atoms with Crippen LogP contribution in [0.4, 0.5) is 13.2 Å². The molecule has 0 aliphatic rings. The maximum absolute atomic E-state index is 12.1. The van der Waals surface area contributed by atoms with E-state index in [9.17, 15) is 18.0 Å². The van der Waals surface area contributed by atoms with Gasteiger partial charge >= 0.3 is 12.1 Å². The first-order valence-electron chi connectivity index (χ1n) is 5.45. The predicted octanol–water partition coefficient (Wildman–Crippen LogP) is 3.50. The number of halogens is 4. The summed E-state index contributed by atoms with van der Waals surface area (Å²) in [4.78, 5) is 11.3. The van der Waals surface area contributed by atoms with Crippen LogP contribution in [-0.4, -0.2) is 25.4 Å². The van der Waals surface area contributed by atoms with Crippen LogP contribution in [0, 0.1) is 0 Å². The lowest BCUT2D eigenvalue weighted by Crippen LogP contribution is -2.19. The summed E-state index contributed by atoms with van der Waals surface area (Å²) in [5.41, 5.74) is 0.527. The van der Waals surface area contributed by atoms with Crippen molar-refractivity contribution in [2.75, 3.05) is 13.2 Å². The summed E-state index contributed by atoms with van der Waals surface area (Å²) in [6.07, 6.45) is -4.42. The number of carbonyl (C=O) groups excluding carboxylic acids is 1. The lowest BCUT2D eigenvalue weighted by atomic mass is 10.1. The number of alkyl halides is 3. The molecule has 0 unspecified atom stereocenters. The van der Waals surface area contributed by atoms with Crippen LogP contribution in [0.5, 0.6) is 5.75 Å². The third-order valence-corrected chi connectivity index (χ3v) is 2.70. The Balaban J connectivity index is 2.74. The van der Waals surface area contributed by atoms with Crippen molar-refractivity contribution >= 4 is 21.9 Å². The summed E-state index contributed by atoms with van der Waals surface area (Å²) in [5.74, 6) is -0.397. The van der Waals surface area contributed by atoms with E-state index in [1.165, 1.54) is 12.1 Å². The number of rotatable bonds is 5. The van der Waals surface area contributed by atoms with Gasteiger partial charge in [0.1, 0.15) is 5.75 Å². The lowest BCUT2D eigenvalue weighted by molar-refractivity contribution is -0.153. The predicted molar refractivity (Wildman–Crippen MR) is 66.0 cm³/mol. The Labute approximate surface area is 116 Å². The largest absolute Gasteiger partial charge is 0.483 e. The third kappa shape index (κ3) is 5.96. The van der Waals surface area contributed by atoms with Crippen molar-refractivity contribution in [1.82, 2.24) is 0 Å². The number of hydrogen-bond acceptors (Lipinski definition) is 3. The normalized spacial score (nSPS) is 11.2. The average molecular weight is 341 g/mol. The van der Waals surface area contributed by atoms with Crippen molar-refractivity contribution in [3.8, 4) is 5.75 Å². The molecule has 0 N–H and O–H groups in total. The minimum atomic E-state index is -4.41. The van der Waals surface area contributed by atoms with Gasteiger partial charge in [0.05, 0.1) is 17.5 Å². The van der Waals surface area contributed by atoms with Crippen LogP contribution in [0.15, 0.2) is 22.7 Å². The molecule has 0 aromatic heterocycles. The topological polar surface area (TPSA) is 35.5 Å². The van der Waals surface area contributed by atoms with Crippen molar-refractivity contribution in [1.29, 1.82) is 0 Å². The van der Waals surface area contributed by atoms with Crippen molar-refractivity contribution in [2.45, 2.75) is 19.5 Å². The van der Waals surface area contributed by atoms with Gasteiger partial charge in [-0.05, 0) is 40.5 Å². The second kappa shape index (κ2) is 6.79. The molecule has 0 aliphatic heterocycles. The van der Waals surface area contributed by atoms with Gasteiger partial charge in [0, 0.05) is 0 Å². The molecule has 1 rings (SSSR count). The van der Waals surface area contributed by atoms with E-state index in [2.05, 4.69) is 20.7 Å². The van der Waals surface area contributed by atoms with Gasteiger partial charge in [-0.2, -0.15) is 13.2 Å². The second-order valence-electron chi connectivity index (χ2n) is 3.65. The van der Waals surface area contributed by atoms with Crippen molar-refractivity contribution in [3.63, 3.8) is 0 Å². The monoisotopic (exact) mass is 340 g/mol. The van der Waals surface area contributed by atoms with Gasteiger partial charge in [0.2, 0.25) is 0 Å². The lowest BCUT2D eigenvalue weighted by Gasteiger charge is -2.12. The van der Waals surface area contributed by atoms with E-state index in [4.69, 9.17) is 4.74 Å². The number of ether oxygens (including phenoxy) is 2. The van der Waals surface area contributed by atoms with E-state index in [1.54, 1.807) is 13.0 Å². The zero-order valence-electron chi connectivity index (χ0n) is 10.1. The molecule has 0 saturated heterocycles. The van der Waals surface area contributed by atoms with Crippen LogP contribution in [0.1, 0.15) is 12.5 Å². The Bertz CT molecular complexity index is 446. The zero-order chi connectivity index (χ0) is 14.5. The molecule has 0 aliphatic carbocycles. The fraction of sp³-hybridized carbons (Fsp3) is 0.417. The van der Waals surface area contributed by atoms with Gasteiger partial charge in [-0.3, -0.25) is 4.79 Å². The zero-order valence-corrected chi connectivity index (χ0v) is 11.7. The summed E-state index contributed by atoms with van der Waals surface area (Å²) in [5, 5.41) is 0. The molecule has 0 bridgehead atoms. The fourth-order valence-corrected chi connectivity index (χ4v) is 1.67. The average Bonchev–Trinajstić information content (AvgIpc) is 2.29.